The Morgan fingerprint density at radius 2 is 1.90 bits per heavy atom. The molecule has 3 aliphatic rings. The van der Waals surface area contributed by atoms with Crippen LogP contribution in [0.25, 0.3) is 0 Å². The van der Waals surface area contributed by atoms with Gasteiger partial charge < -0.3 is 19.5 Å². The Morgan fingerprint density at radius 3 is 2.65 bits per heavy atom. The zero-order valence-corrected chi connectivity index (χ0v) is 22.4. The monoisotopic (exact) mass is 548 g/mol. The molecule has 1 saturated heterocycles. The summed E-state index contributed by atoms with van der Waals surface area (Å²) in [6.45, 7) is 3.22. The molecule has 8 nitrogen and oxygen atoms in total. The second-order valence-corrected chi connectivity index (χ2v) is 10.8. The highest BCUT2D eigenvalue weighted by atomic mass is 19.1. The van der Waals surface area contributed by atoms with Crippen molar-refractivity contribution < 1.29 is 23.1 Å². The maximum atomic E-state index is 14.2. The summed E-state index contributed by atoms with van der Waals surface area (Å²) in [6, 6.07) is 12.2. The van der Waals surface area contributed by atoms with Crippen molar-refractivity contribution in [2.45, 2.75) is 51.0 Å². The van der Waals surface area contributed by atoms with Crippen molar-refractivity contribution in [3.05, 3.63) is 98.5 Å². The van der Waals surface area contributed by atoms with Crippen LogP contribution in [0.4, 0.5) is 8.78 Å². The van der Waals surface area contributed by atoms with E-state index in [-0.39, 0.29) is 47.7 Å². The number of amides is 2. The number of carbonyl (C=O) groups is 2. The first-order valence-corrected chi connectivity index (χ1v) is 13.4. The van der Waals surface area contributed by atoms with Crippen molar-refractivity contribution in [1.82, 2.24) is 19.7 Å². The molecule has 0 radical (unpaired) electrons. The first-order valence-electron chi connectivity index (χ1n) is 13.4. The molecular weight excluding hydrogens is 518 g/mol. The van der Waals surface area contributed by atoms with E-state index < -0.39 is 28.6 Å². The molecule has 6 rings (SSSR count). The Morgan fingerprint density at radius 1 is 1.12 bits per heavy atom. The SMILES string of the molecule is CN1CCCN2C(=O)c3c(OCc4ccccc4)c(=O)c(C(=O)NCc4ccc(F)cc4F)c4n3C(CC4)C12C. The van der Waals surface area contributed by atoms with Gasteiger partial charge in [-0.25, -0.2) is 8.78 Å². The lowest BCUT2D eigenvalue weighted by molar-refractivity contribution is -0.0859. The summed E-state index contributed by atoms with van der Waals surface area (Å²) in [5.41, 5.74) is 0.126. The molecule has 10 heteroatoms. The van der Waals surface area contributed by atoms with Gasteiger partial charge in [-0.1, -0.05) is 36.4 Å². The summed E-state index contributed by atoms with van der Waals surface area (Å²) >= 11 is 0. The highest BCUT2D eigenvalue weighted by molar-refractivity contribution is 6.01. The van der Waals surface area contributed by atoms with Crippen molar-refractivity contribution in [3.63, 3.8) is 0 Å². The third-order valence-corrected chi connectivity index (χ3v) is 8.62. The van der Waals surface area contributed by atoms with Gasteiger partial charge in [0, 0.05) is 37.0 Å². The minimum Gasteiger partial charge on any atom is -0.483 e. The number of carbonyl (C=O) groups excluding carboxylic acids is 2. The van der Waals surface area contributed by atoms with Crippen LogP contribution in [0.2, 0.25) is 0 Å². The van der Waals surface area contributed by atoms with Gasteiger partial charge in [-0.3, -0.25) is 19.3 Å². The molecule has 0 saturated carbocycles. The van der Waals surface area contributed by atoms with Crippen molar-refractivity contribution in [1.29, 1.82) is 0 Å². The summed E-state index contributed by atoms with van der Waals surface area (Å²) in [5.74, 6) is -2.66. The number of aromatic nitrogens is 1. The number of rotatable bonds is 6. The van der Waals surface area contributed by atoms with Gasteiger partial charge >= 0.3 is 0 Å². The lowest BCUT2D eigenvalue weighted by Crippen LogP contribution is -2.69. The van der Waals surface area contributed by atoms with Crippen molar-refractivity contribution in [3.8, 4) is 5.75 Å². The van der Waals surface area contributed by atoms with E-state index in [0.717, 1.165) is 30.7 Å². The largest absolute Gasteiger partial charge is 0.483 e. The summed E-state index contributed by atoms with van der Waals surface area (Å²) < 4.78 is 35.5. The lowest BCUT2D eigenvalue weighted by atomic mass is 9.90. The number of pyridine rings is 1. The molecule has 3 aliphatic heterocycles. The molecule has 1 N–H and O–H groups in total. The molecule has 0 aliphatic carbocycles. The summed E-state index contributed by atoms with van der Waals surface area (Å²) in [4.78, 5) is 45.6. The van der Waals surface area contributed by atoms with E-state index in [1.165, 1.54) is 6.07 Å². The summed E-state index contributed by atoms with van der Waals surface area (Å²) in [5, 5.41) is 2.63. The zero-order chi connectivity index (χ0) is 28.2. The smallest absolute Gasteiger partial charge is 0.276 e. The van der Waals surface area contributed by atoms with E-state index in [0.29, 0.717) is 25.1 Å². The maximum Gasteiger partial charge on any atom is 0.276 e. The molecule has 2 atom stereocenters. The molecule has 40 heavy (non-hydrogen) atoms. The Hall–Kier alpha value is -4.05. The number of fused-ring (bicyclic) bond motifs is 2. The van der Waals surface area contributed by atoms with E-state index in [2.05, 4.69) is 10.2 Å². The molecule has 1 fully saturated rings. The predicted octanol–water partition coefficient (Wildman–Crippen LogP) is 3.63. The fraction of sp³-hybridized carbons (Fsp3) is 0.367. The zero-order valence-electron chi connectivity index (χ0n) is 22.4. The van der Waals surface area contributed by atoms with Gasteiger partial charge in [-0.2, -0.15) is 0 Å². The van der Waals surface area contributed by atoms with E-state index in [1.54, 1.807) is 0 Å². The minimum atomic E-state index is -0.794. The fourth-order valence-electron chi connectivity index (χ4n) is 6.45. The Balaban J connectivity index is 1.46. The maximum absolute atomic E-state index is 14.2. The number of benzene rings is 2. The average Bonchev–Trinajstić information content (AvgIpc) is 3.37. The van der Waals surface area contributed by atoms with Gasteiger partial charge in [-0.15, -0.1) is 0 Å². The number of hydrogen-bond acceptors (Lipinski definition) is 5. The van der Waals surface area contributed by atoms with Crippen LogP contribution in [0, 0.1) is 11.6 Å². The van der Waals surface area contributed by atoms with Gasteiger partial charge in [0.15, 0.2) is 11.4 Å². The molecule has 208 valence electrons. The minimum absolute atomic E-state index is 0.0411. The summed E-state index contributed by atoms with van der Waals surface area (Å²) in [7, 11) is 1.99. The first-order chi connectivity index (χ1) is 19.2. The van der Waals surface area contributed by atoms with Crippen LogP contribution in [0.3, 0.4) is 0 Å². The van der Waals surface area contributed by atoms with E-state index in [9.17, 15) is 23.2 Å². The van der Waals surface area contributed by atoms with Crippen LogP contribution in [-0.4, -0.2) is 52.0 Å². The lowest BCUT2D eigenvalue weighted by Gasteiger charge is -2.57. The van der Waals surface area contributed by atoms with Crippen molar-refractivity contribution >= 4 is 11.8 Å². The number of nitrogens with zero attached hydrogens (tertiary/aromatic N) is 3. The summed E-state index contributed by atoms with van der Waals surface area (Å²) in [6.07, 6.45) is 1.86. The van der Waals surface area contributed by atoms with Crippen LogP contribution >= 0.6 is 0 Å². The van der Waals surface area contributed by atoms with Gasteiger partial charge in [-0.05, 0) is 44.9 Å². The van der Waals surface area contributed by atoms with Gasteiger partial charge in [0.2, 0.25) is 5.43 Å². The number of nitrogens with one attached hydrogen (secondary N) is 1. The number of ether oxygens (including phenoxy) is 1. The molecule has 3 aromatic rings. The third-order valence-electron chi connectivity index (χ3n) is 8.62. The quantitative estimate of drug-likeness (QED) is 0.509. The molecule has 0 spiro atoms. The van der Waals surface area contributed by atoms with Crippen LogP contribution in [-0.2, 0) is 19.6 Å². The van der Waals surface area contributed by atoms with E-state index in [1.807, 2.05) is 53.8 Å². The molecule has 0 bridgehead atoms. The Labute approximate surface area is 230 Å². The topological polar surface area (TPSA) is 83.9 Å². The Kier molecular flexibility index (Phi) is 6.45. The highest BCUT2D eigenvalue weighted by Crippen LogP contribution is 2.48. The molecular formula is C30H30F2N4O4. The van der Waals surface area contributed by atoms with Gasteiger partial charge in [0.1, 0.15) is 29.5 Å². The fourth-order valence-corrected chi connectivity index (χ4v) is 6.45. The molecule has 2 aromatic carbocycles. The number of halogens is 2. The normalized spacial score (nSPS) is 21.6. The van der Waals surface area contributed by atoms with Crippen molar-refractivity contribution in [2.24, 2.45) is 0 Å². The molecule has 2 amide bonds. The number of likely N-dealkylation sites (N-methyl/N-ethyl adjacent to an activating group) is 1. The standard InChI is InChI=1S/C30H30F2N4O4/c1-30-23-12-11-22-24(28(38)33-16-19-9-10-20(31)15-21(19)32)26(37)27(40-17-18-7-4-3-5-8-18)25(36(22)23)29(39)35(30)14-6-13-34(30)2/h3-5,7-10,15,23H,6,11-14,16-17H2,1-2H3,(H,33,38). The first kappa shape index (κ1) is 26.2. The molecule has 4 heterocycles. The van der Waals surface area contributed by atoms with Crippen LogP contribution < -0.4 is 15.5 Å². The third kappa shape index (κ3) is 4.00. The second kappa shape index (κ2) is 9.85. The molecule has 2 unspecified atom stereocenters. The predicted molar refractivity (Wildman–Crippen MR) is 143 cm³/mol. The van der Waals surface area contributed by atoms with Gasteiger partial charge in [0.05, 0.1) is 6.04 Å². The van der Waals surface area contributed by atoms with E-state index >= 15 is 0 Å². The Bertz CT molecular complexity index is 1570. The average molecular weight is 549 g/mol. The van der Waals surface area contributed by atoms with Crippen molar-refractivity contribution in [2.75, 3.05) is 20.1 Å². The van der Waals surface area contributed by atoms with Crippen LogP contribution in [0.1, 0.15) is 63.5 Å². The second-order valence-electron chi connectivity index (χ2n) is 10.8. The molecule has 1 aromatic heterocycles. The van der Waals surface area contributed by atoms with Crippen LogP contribution in [0.15, 0.2) is 53.3 Å². The highest BCUT2D eigenvalue weighted by Gasteiger charge is 2.56. The van der Waals surface area contributed by atoms with Crippen LogP contribution in [0.5, 0.6) is 5.75 Å². The van der Waals surface area contributed by atoms with Gasteiger partial charge in [0.25, 0.3) is 11.8 Å². The van der Waals surface area contributed by atoms with E-state index in [4.69, 9.17) is 4.74 Å². The number of hydrogen-bond donors (Lipinski definition) is 1.